The lowest BCUT2D eigenvalue weighted by molar-refractivity contribution is 0.0283. The van der Waals surface area contributed by atoms with Gasteiger partial charge in [-0.2, -0.15) is 0 Å². The van der Waals surface area contributed by atoms with Gasteiger partial charge in [-0.25, -0.2) is 13.6 Å². The molecule has 4 heterocycles. The van der Waals surface area contributed by atoms with Crippen molar-refractivity contribution in [3.8, 4) is 0 Å². The van der Waals surface area contributed by atoms with E-state index in [2.05, 4.69) is 4.90 Å². The summed E-state index contributed by atoms with van der Waals surface area (Å²) in [7, 11) is -3.44. The summed E-state index contributed by atoms with van der Waals surface area (Å²) in [5.74, 6) is -0.785. The summed E-state index contributed by atoms with van der Waals surface area (Å²) in [6.07, 6.45) is 5.25. The summed E-state index contributed by atoms with van der Waals surface area (Å²) < 4.78 is 57.6. The van der Waals surface area contributed by atoms with Crippen LogP contribution in [0.1, 0.15) is 51.0 Å². The van der Waals surface area contributed by atoms with Gasteiger partial charge >= 0.3 is 6.09 Å². The van der Waals surface area contributed by atoms with Crippen molar-refractivity contribution < 1.29 is 27.4 Å². The average Bonchev–Trinajstić information content (AvgIpc) is 3.36. The van der Waals surface area contributed by atoms with Gasteiger partial charge in [0, 0.05) is 30.1 Å². The molecule has 3 fully saturated rings. The largest absolute Gasteiger partial charge is 0.450 e. The van der Waals surface area contributed by atoms with Crippen LogP contribution in [0, 0.1) is 11.6 Å². The number of amides is 1. The first kappa shape index (κ1) is 25.9. The van der Waals surface area contributed by atoms with Crippen LogP contribution in [0.15, 0.2) is 47.4 Å². The number of carbonyl (C=O) groups is 1. The van der Waals surface area contributed by atoms with Gasteiger partial charge in [-0.15, -0.1) is 0 Å². The zero-order chi connectivity index (χ0) is 26.7. The fourth-order valence-corrected chi connectivity index (χ4v) is 8.87. The van der Waals surface area contributed by atoms with Crippen molar-refractivity contribution in [3.63, 3.8) is 0 Å². The molecular weight excluding hydrogens is 512 g/mol. The van der Waals surface area contributed by atoms with Crippen LogP contribution in [0.5, 0.6) is 0 Å². The number of benzene rings is 2. The van der Waals surface area contributed by atoms with Crippen molar-refractivity contribution in [2.24, 2.45) is 0 Å². The van der Waals surface area contributed by atoms with Gasteiger partial charge in [0.1, 0.15) is 11.6 Å². The minimum atomic E-state index is -3.44. The Kier molecular flexibility index (Phi) is 6.57. The summed E-state index contributed by atoms with van der Waals surface area (Å²) in [4.78, 5) is 17.2. The van der Waals surface area contributed by atoms with E-state index in [9.17, 15) is 22.7 Å². The van der Waals surface area contributed by atoms with Crippen molar-refractivity contribution in [2.75, 3.05) is 30.5 Å². The van der Waals surface area contributed by atoms with Crippen LogP contribution in [0.2, 0.25) is 0 Å². The molecule has 2 atom stereocenters. The van der Waals surface area contributed by atoms with Gasteiger partial charge in [0.2, 0.25) is 0 Å². The van der Waals surface area contributed by atoms with Gasteiger partial charge < -0.3 is 14.5 Å². The van der Waals surface area contributed by atoms with Crippen LogP contribution in [-0.2, 0) is 10.2 Å². The Morgan fingerprint density at radius 2 is 1.63 bits per heavy atom. The molecule has 2 bridgehead atoms. The molecular formula is C28H35F2N3O4S. The smallest absolute Gasteiger partial charge is 0.410 e. The third kappa shape index (κ3) is 4.26. The minimum absolute atomic E-state index is 0.194. The molecule has 38 heavy (non-hydrogen) atoms. The molecule has 0 saturated carbocycles. The summed E-state index contributed by atoms with van der Waals surface area (Å²) in [6.45, 7) is 4.23. The van der Waals surface area contributed by atoms with E-state index in [0.29, 0.717) is 24.9 Å². The Hall–Kier alpha value is -2.40. The molecule has 2 aromatic carbocycles. The molecule has 2 aromatic rings. The number of hydrogen-bond acceptors (Lipinski definition) is 6. The van der Waals surface area contributed by atoms with Crippen LogP contribution in [0.3, 0.4) is 0 Å². The van der Waals surface area contributed by atoms with Crippen LogP contribution in [0.25, 0.3) is 0 Å². The van der Waals surface area contributed by atoms with E-state index >= 15 is 0 Å². The second kappa shape index (κ2) is 9.66. The highest BCUT2D eigenvalue weighted by atomic mass is 32.3. The molecule has 4 aliphatic rings. The summed E-state index contributed by atoms with van der Waals surface area (Å²) in [5, 5.41) is 0. The SMILES string of the molecule is CCOC(=O)N1C2CCC1CC(N1CCC3(CC1)CN(S(O)(O)c1ccc(F)cc1)c1ccc(F)cc13)C2. The van der Waals surface area contributed by atoms with Crippen molar-refractivity contribution >= 4 is 22.6 Å². The number of likely N-dealkylation sites (tertiary alicyclic amines) is 1. The predicted octanol–water partition coefficient (Wildman–Crippen LogP) is 6.00. The van der Waals surface area contributed by atoms with Crippen molar-refractivity contribution in [3.05, 3.63) is 59.7 Å². The third-order valence-corrected chi connectivity index (χ3v) is 11.0. The number of piperidine rings is 2. The Balaban J connectivity index is 1.20. The van der Waals surface area contributed by atoms with Gasteiger partial charge in [-0.3, -0.25) is 13.4 Å². The molecule has 2 unspecified atom stereocenters. The van der Waals surface area contributed by atoms with Crippen LogP contribution < -0.4 is 4.31 Å². The number of halogens is 2. The van der Waals surface area contributed by atoms with Gasteiger partial charge in [0.05, 0.1) is 17.2 Å². The Morgan fingerprint density at radius 3 is 2.26 bits per heavy atom. The standard InChI is InChI=1S/C28H35F2N3O4S/c1-2-37-27(34)33-21-6-7-22(33)17-23(16-21)31-13-11-28(12-14-31)18-32(26-10-5-20(30)15-25(26)28)38(35,36)24-8-3-19(29)4-9-24/h3-5,8-10,15,21-23,35-36H,2,6-7,11-14,16-18H2,1H3. The molecule has 10 heteroatoms. The maximum absolute atomic E-state index is 14.5. The molecule has 4 aliphatic heterocycles. The normalized spacial score (nSPS) is 27.0. The quantitative estimate of drug-likeness (QED) is 0.489. The van der Waals surface area contributed by atoms with Gasteiger partial charge in [-0.05, 0) is 107 Å². The molecule has 2 N–H and O–H groups in total. The lowest BCUT2D eigenvalue weighted by Gasteiger charge is -2.48. The lowest BCUT2D eigenvalue weighted by atomic mass is 9.73. The number of anilines is 1. The average molecular weight is 548 g/mol. The number of fused-ring (bicyclic) bond motifs is 4. The molecule has 0 radical (unpaired) electrons. The van der Waals surface area contributed by atoms with E-state index in [0.717, 1.165) is 57.2 Å². The van der Waals surface area contributed by atoms with Gasteiger partial charge in [0.25, 0.3) is 0 Å². The Morgan fingerprint density at radius 1 is 1.00 bits per heavy atom. The zero-order valence-electron chi connectivity index (χ0n) is 21.6. The van der Waals surface area contributed by atoms with Crippen molar-refractivity contribution in [1.82, 2.24) is 9.80 Å². The maximum Gasteiger partial charge on any atom is 0.410 e. The van der Waals surface area contributed by atoms with E-state index < -0.39 is 22.0 Å². The first-order valence-electron chi connectivity index (χ1n) is 13.5. The van der Waals surface area contributed by atoms with E-state index in [1.165, 1.54) is 30.3 Å². The van der Waals surface area contributed by atoms with Gasteiger partial charge in [0.15, 0.2) is 0 Å². The second-order valence-electron chi connectivity index (χ2n) is 11.1. The molecule has 1 amide bonds. The Labute approximate surface area is 223 Å². The highest BCUT2D eigenvalue weighted by molar-refractivity contribution is 8.25. The van der Waals surface area contributed by atoms with E-state index in [1.54, 1.807) is 16.4 Å². The molecule has 1 spiro atoms. The monoisotopic (exact) mass is 547 g/mol. The molecule has 0 aromatic heterocycles. The Bertz CT molecular complexity index is 1190. The van der Waals surface area contributed by atoms with Crippen LogP contribution in [-0.4, -0.2) is 69.4 Å². The minimum Gasteiger partial charge on any atom is -0.450 e. The summed E-state index contributed by atoms with van der Waals surface area (Å²) in [5.41, 5.74) is 1.05. The number of nitrogens with zero attached hydrogens (tertiary/aromatic N) is 3. The molecule has 0 aliphatic carbocycles. The second-order valence-corrected chi connectivity index (χ2v) is 13.1. The first-order valence-corrected chi connectivity index (χ1v) is 15.0. The van der Waals surface area contributed by atoms with Crippen LogP contribution >= 0.6 is 10.8 Å². The summed E-state index contributed by atoms with van der Waals surface area (Å²) >= 11 is 0. The first-order chi connectivity index (χ1) is 18.2. The number of hydrogen-bond donors (Lipinski definition) is 2. The maximum atomic E-state index is 14.5. The number of carbonyl (C=O) groups excluding carboxylic acids is 1. The molecule has 3 saturated heterocycles. The van der Waals surface area contributed by atoms with Crippen LogP contribution in [0.4, 0.5) is 19.3 Å². The topological polar surface area (TPSA) is 76.5 Å². The predicted molar refractivity (Wildman–Crippen MR) is 142 cm³/mol. The van der Waals surface area contributed by atoms with Crippen molar-refractivity contribution in [2.45, 2.75) is 73.9 Å². The van der Waals surface area contributed by atoms with E-state index in [1.807, 2.05) is 11.8 Å². The molecule has 6 rings (SSSR count). The fourth-order valence-electron chi connectivity index (χ4n) is 7.25. The molecule has 7 nitrogen and oxygen atoms in total. The van der Waals surface area contributed by atoms with Gasteiger partial charge in [-0.1, -0.05) is 10.8 Å². The third-order valence-electron chi connectivity index (χ3n) is 9.14. The highest BCUT2D eigenvalue weighted by Crippen LogP contribution is 2.61. The lowest BCUT2D eigenvalue weighted by Crippen LogP contribution is -2.55. The highest BCUT2D eigenvalue weighted by Gasteiger charge is 2.51. The van der Waals surface area contributed by atoms with E-state index in [4.69, 9.17) is 4.74 Å². The van der Waals surface area contributed by atoms with E-state index in [-0.39, 0.29) is 28.9 Å². The zero-order valence-corrected chi connectivity index (χ0v) is 22.4. The molecule has 206 valence electrons. The number of rotatable bonds is 4. The number of ether oxygens (including phenoxy) is 1. The fraction of sp³-hybridized carbons (Fsp3) is 0.536. The van der Waals surface area contributed by atoms with Crippen molar-refractivity contribution in [1.29, 1.82) is 0 Å². The summed E-state index contributed by atoms with van der Waals surface area (Å²) in [6, 6.07) is 10.6.